The molecule has 1 aromatic carbocycles. The Balaban J connectivity index is 2.82. The summed E-state index contributed by atoms with van der Waals surface area (Å²) in [5.41, 5.74) is 9.44. The molecule has 0 aliphatic heterocycles. The van der Waals surface area contributed by atoms with Gasteiger partial charge in [0.2, 0.25) is 0 Å². The predicted octanol–water partition coefficient (Wildman–Crippen LogP) is 3.37. The van der Waals surface area contributed by atoms with E-state index >= 15 is 0 Å². The van der Waals surface area contributed by atoms with Gasteiger partial charge in [-0.2, -0.15) is 0 Å². The van der Waals surface area contributed by atoms with E-state index in [1.165, 1.54) is 16.7 Å². The minimum Gasteiger partial charge on any atom is -0.493 e. The minimum absolute atomic E-state index is 0.774. The highest BCUT2D eigenvalue weighted by atomic mass is 16.5. The Kier molecular flexibility index (Phi) is 6.06. The summed E-state index contributed by atoms with van der Waals surface area (Å²) >= 11 is 0. The molecule has 2 N–H and O–H groups in total. The van der Waals surface area contributed by atoms with Gasteiger partial charge < -0.3 is 10.5 Å². The highest BCUT2D eigenvalue weighted by molar-refractivity contribution is 5.43. The molecule has 1 aromatic rings. The van der Waals surface area contributed by atoms with Crippen molar-refractivity contribution in [3.63, 3.8) is 0 Å². The zero-order chi connectivity index (χ0) is 12.7. The van der Waals surface area contributed by atoms with Crippen LogP contribution in [0, 0.1) is 13.8 Å². The molecule has 0 amide bonds. The fourth-order valence-corrected chi connectivity index (χ4v) is 2.10. The first-order valence-corrected chi connectivity index (χ1v) is 6.62. The highest BCUT2D eigenvalue weighted by Gasteiger charge is 2.08. The molecule has 0 heterocycles. The number of rotatable bonds is 7. The molecule has 17 heavy (non-hydrogen) atoms. The van der Waals surface area contributed by atoms with Crippen LogP contribution in [0.25, 0.3) is 0 Å². The number of aryl methyl sites for hydroxylation is 3. The Bertz CT molecular complexity index is 347. The monoisotopic (exact) mass is 235 g/mol. The molecular formula is C15H25NO. The molecule has 96 valence electrons. The third kappa shape index (κ3) is 4.39. The second-order valence-corrected chi connectivity index (χ2v) is 4.66. The summed E-state index contributed by atoms with van der Waals surface area (Å²) in [6.07, 6.45) is 4.34. The molecule has 0 saturated heterocycles. The van der Waals surface area contributed by atoms with Crippen LogP contribution >= 0.6 is 0 Å². The molecular weight excluding hydrogens is 210 g/mol. The summed E-state index contributed by atoms with van der Waals surface area (Å²) in [7, 11) is 0. The number of ether oxygens (including phenoxy) is 1. The van der Waals surface area contributed by atoms with E-state index in [4.69, 9.17) is 10.5 Å². The van der Waals surface area contributed by atoms with E-state index in [9.17, 15) is 0 Å². The van der Waals surface area contributed by atoms with Crippen LogP contribution in [0.15, 0.2) is 12.1 Å². The van der Waals surface area contributed by atoms with Gasteiger partial charge in [0.25, 0.3) is 0 Å². The van der Waals surface area contributed by atoms with Gasteiger partial charge in [0.15, 0.2) is 0 Å². The molecule has 0 unspecified atom stereocenters. The lowest BCUT2D eigenvalue weighted by molar-refractivity contribution is 0.311. The average molecular weight is 235 g/mol. The lowest BCUT2D eigenvalue weighted by atomic mass is 10.0. The van der Waals surface area contributed by atoms with Crippen molar-refractivity contribution in [2.24, 2.45) is 5.73 Å². The number of nitrogens with two attached hydrogens (primary N) is 1. The molecule has 2 nitrogen and oxygen atoms in total. The van der Waals surface area contributed by atoms with Crippen molar-refractivity contribution in [3.05, 3.63) is 28.8 Å². The first kappa shape index (κ1) is 14.0. The van der Waals surface area contributed by atoms with Crippen molar-refractivity contribution < 1.29 is 4.74 Å². The maximum atomic E-state index is 5.87. The lowest BCUT2D eigenvalue weighted by Gasteiger charge is -2.15. The van der Waals surface area contributed by atoms with Crippen LogP contribution in [0.4, 0.5) is 0 Å². The summed E-state index contributed by atoms with van der Waals surface area (Å²) < 4.78 is 5.87. The SMILES string of the molecule is CCCOc1c(C)cc(C)cc1CCCCN. The molecule has 0 aliphatic rings. The van der Waals surface area contributed by atoms with Crippen molar-refractivity contribution in [1.29, 1.82) is 0 Å². The maximum absolute atomic E-state index is 5.87. The lowest BCUT2D eigenvalue weighted by Crippen LogP contribution is -2.03. The quantitative estimate of drug-likeness (QED) is 0.735. The van der Waals surface area contributed by atoms with E-state index in [1.807, 2.05) is 0 Å². The van der Waals surface area contributed by atoms with Crippen molar-refractivity contribution in [1.82, 2.24) is 0 Å². The summed E-state index contributed by atoms with van der Waals surface area (Å²) in [4.78, 5) is 0. The molecule has 0 bridgehead atoms. The van der Waals surface area contributed by atoms with Crippen LogP contribution in [0.2, 0.25) is 0 Å². The van der Waals surface area contributed by atoms with Crippen LogP contribution in [0.5, 0.6) is 5.75 Å². The molecule has 0 spiro atoms. The predicted molar refractivity (Wildman–Crippen MR) is 73.7 cm³/mol. The highest BCUT2D eigenvalue weighted by Crippen LogP contribution is 2.27. The fraction of sp³-hybridized carbons (Fsp3) is 0.600. The van der Waals surface area contributed by atoms with E-state index in [-0.39, 0.29) is 0 Å². The van der Waals surface area contributed by atoms with Crippen LogP contribution in [-0.4, -0.2) is 13.2 Å². The largest absolute Gasteiger partial charge is 0.493 e. The summed E-state index contributed by atoms with van der Waals surface area (Å²) in [6, 6.07) is 4.44. The number of benzene rings is 1. The van der Waals surface area contributed by atoms with E-state index in [1.54, 1.807) is 0 Å². The zero-order valence-corrected chi connectivity index (χ0v) is 11.4. The Morgan fingerprint density at radius 2 is 1.94 bits per heavy atom. The molecule has 2 heteroatoms. The first-order chi connectivity index (χ1) is 8.19. The Morgan fingerprint density at radius 1 is 1.18 bits per heavy atom. The molecule has 1 rings (SSSR count). The van der Waals surface area contributed by atoms with Crippen molar-refractivity contribution in [2.75, 3.05) is 13.2 Å². The van der Waals surface area contributed by atoms with Gasteiger partial charge in [-0.3, -0.25) is 0 Å². The van der Waals surface area contributed by atoms with Gasteiger partial charge in [-0.05, 0) is 57.2 Å². The third-order valence-corrected chi connectivity index (χ3v) is 2.85. The van der Waals surface area contributed by atoms with Crippen molar-refractivity contribution in [2.45, 2.75) is 46.5 Å². The van der Waals surface area contributed by atoms with E-state index < -0.39 is 0 Å². The third-order valence-electron chi connectivity index (χ3n) is 2.85. The Labute approximate surface area is 105 Å². The van der Waals surface area contributed by atoms with Gasteiger partial charge in [0, 0.05) is 0 Å². The number of hydrogen-bond donors (Lipinski definition) is 1. The van der Waals surface area contributed by atoms with E-state index in [2.05, 4.69) is 32.9 Å². The normalized spacial score (nSPS) is 10.6. The van der Waals surface area contributed by atoms with Crippen molar-refractivity contribution in [3.8, 4) is 5.75 Å². The molecule has 0 fully saturated rings. The molecule has 0 aliphatic carbocycles. The van der Waals surface area contributed by atoms with Crippen LogP contribution in [-0.2, 0) is 6.42 Å². The summed E-state index contributed by atoms with van der Waals surface area (Å²) in [6.45, 7) is 7.98. The van der Waals surface area contributed by atoms with Crippen LogP contribution in [0.3, 0.4) is 0 Å². The molecule has 0 radical (unpaired) electrons. The zero-order valence-electron chi connectivity index (χ0n) is 11.4. The van der Waals surface area contributed by atoms with Gasteiger partial charge in [0.1, 0.15) is 5.75 Å². The van der Waals surface area contributed by atoms with Gasteiger partial charge >= 0.3 is 0 Å². The van der Waals surface area contributed by atoms with Gasteiger partial charge in [0.05, 0.1) is 6.61 Å². The standard InChI is InChI=1S/C15H25NO/c1-4-9-17-15-13(3)10-12(2)11-14(15)7-5-6-8-16/h10-11H,4-9,16H2,1-3H3. The molecule has 0 saturated carbocycles. The second kappa shape index (κ2) is 7.33. The van der Waals surface area contributed by atoms with Gasteiger partial charge in [-0.1, -0.05) is 24.6 Å². The topological polar surface area (TPSA) is 35.2 Å². The average Bonchev–Trinajstić information content (AvgIpc) is 2.28. The summed E-state index contributed by atoms with van der Waals surface area (Å²) in [5.74, 6) is 1.09. The summed E-state index contributed by atoms with van der Waals surface area (Å²) in [5, 5.41) is 0. The van der Waals surface area contributed by atoms with E-state index in [0.717, 1.165) is 44.6 Å². The maximum Gasteiger partial charge on any atom is 0.125 e. The van der Waals surface area contributed by atoms with Gasteiger partial charge in [-0.25, -0.2) is 0 Å². The Hall–Kier alpha value is -1.02. The smallest absolute Gasteiger partial charge is 0.125 e. The van der Waals surface area contributed by atoms with Crippen molar-refractivity contribution >= 4 is 0 Å². The first-order valence-electron chi connectivity index (χ1n) is 6.62. The Morgan fingerprint density at radius 3 is 2.59 bits per heavy atom. The van der Waals surface area contributed by atoms with E-state index in [0.29, 0.717) is 0 Å². The fourth-order valence-electron chi connectivity index (χ4n) is 2.10. The number of hydrogen-bond acceptors (Lipinski definition) is 2. The second-order valence-electron chi connectivity index (χ2n) is 4.66. The van der Waals surface area contributed by atoms with Crippen LogP contribution < -0.4 is 10.5 Å². The number of unbranched alkanes of at least 4 members (excludes halogenated alkanes) is 1. The molecule has 0 aromatic heterocycles. The van der Waals surface area contributed by atoms with Gasteiger partial charge in [-0.15, -0.1) is 0 Å². The van der Waals surface area contributed by atoms with Crippen LogP contribution in [0.1, 0.15) is 42.9 Å². The minimum atomic E-state index is 0.774. The molecule has 0 atom stereocenters.